The third kappa shape index (κ3) is 4.06. The van der Waals surface area contributed by atoms with Crippen molar-refractivity contribution in [2.75, 3.05) is 0 Å². The molecule has 0 N–H and O–H groups in total. The first kappa shape index (κ1) is 16.8. The number of fused-ring (bicyclic) bond motifs is 2. The van der Waals surface area contributed by atoms with Gasteiger partial charge in [-0.15, -0.1) is 0 Å². The quantitative estimate of drug-likeness (QED) is 0.504. The van der Waals surface area contributed by atoms with Crippen molar-refractivity contribution in [2.24, 2.45) is 0 Å². The van der Waals surface area contributed by atoms with Crippen molar-refractivity contribution >= 4 is 10.8 Å². The molecule has 0 amide bonds. The normalized spacial score (nSPS) is 13.1. The first-order valence-corrected chi connectivity index (χ1v) is 9.38. The lowest BCUT2D eigenvalue weighted by Crippen LogP contribution is -2.02. The summed E-state index contributed by atoms with van der Waals surface area (Å²) in [5.41, 5.74) is 6.11. The van der Waals surface area contributed by atoms with Gasteiger partial charge in [0.05, 0.1) is 0 Å². The molecule has 124 valence electrons. The molecule has 0 radical (unpaired) electrons. The average Bonchev–Trinajstić information content (AvgIpc) is 2.67. The highest BCUT2D eigenvalue weighted by Gasteiger charge is 2.08. The first-order valence-electron chi connectivity index (χ1n) is 9.38. The van der Waals surface area contributed by atoms with Crippen LogP contribution in [-0.2, 0) is 25.7 Å². The van der Waals surface area contributed by atoms with Crippen LogP contribution in [0.3, 0.4) is 0 Å². The second-order valence-electron chi connectivity index (χ2n) is 6.70. The third-order valence-electron chi connectivity index (χ3n) is 5.04. The Morgan fingerprint density at radius 2 is 1.25 bits per heavy atom. The molecule has 0 nitrogen and oxygen atoms in total. The standard InChI is InChI=1S/C12H16.C12H12/c2*1-2-10-7-8-11-5-3-4-6-12(11)9-10/h7-9H,2-6H2,1H3;3-9H,2H2,1H3. The Labute approximate surface area is 146 Å². The highest BCUT2D eigenvalue weighted by molar-refractivity contribution is 5.82. The van der Waals surface area contributed by atoms with Crippen molar-refractivity contribution in [2.45, 2.75) is 52.4 Å². The van der Waals surface area contributed by atoms with E-state index < -0.39 is 0 Å². The molecule has 0 aromatic heterocycles. The minimum Gasteiger partial charge on any atom is -0.0616 e. The molecule has 0 aliphatic heterocycles. The van der Waals surface area contributed by atoms with Gasteiger partial charge in [0.1, 0.15) is 0 Å². The molecule has 0 unspecified atom stereocenters. The molecular weight excluding hydrogens is 288 g/mol. The fraction of sp³-hybridized carbons (Fsp3) is 0.333. The maximum Gasteiger partial charge on any atom is -0.0181 e. The molecule has 0 bridgehead atoms. The highest BCUT2D eigenvalue weighted by atomic mass is 14.1. The third-order valence-corrected chi connectivity index (χ3v) is 5.04. The zero-order chi connectivity index (χ0) is 16.8. The topological polar surface area (TPSA) is 0 Å². The summed E-state index contributed by atoms with van der Waals surface area (Å²) in [6.45, 7) is 4.41. The Morgan fingerprint density at radius 1 is 0.625 bits per heavy atom. The Morgan fingerprint density at radius 3 is 2.00 bits per heavy atom. The Hall–Kier alpha value is -2.08. The summed E-state index contributed by atoms with van der Waals surface area (Å²) in [6.07, 6.45) is 7.68. The van der Waals surface area contributed by atoms with Gasteiger partial charge in [-0.1, -0.05) is 74.5 Å². The van der Waals surface area contributed by atoms with Crippen LogP contribution in [0.5, 0.6) is 0 Å². The molecule has 3 aromatic rings. The fourth-order valence-electron chi connectivity index (χ4n) is 3.47. The van der Waals surface area contributed by atoms with E-state index in [9.17, 15) is 0 Å². The lowest BCUT2D eigenvalue weighted by Gasteiger charge is -2.15. The minimum absolute atomic E-state index is 1.12. The number of hydrogen-bond acceptors (Lipinski definition) is 0. The Bertz CT molecular complexity index is 798. The van der Waals surface area contributed by atoms with Crippen LogP contribution in [0.2, 0.25) is 0 Å². The summed E-state index contributed by atoms with van der Waals surface area (Å²) in [6, 6.07) is 22.1. The van der Waals surface area contributed by atoms with E-state index >= 15 is 0 Å². The predicted octanol–water partition coefficient (Wildman–Crippen LogP) is 6.53. The van der Waals surface area contributed by atoms with E-state index in [0.717, 1.165) is 6.42 Å². The number of aryl methyl sites for hydroxylation is 4. The van der Waals surface area contributed by atoms with Crippen molar-refractivity contribution in [3.05, 3.63) is 82.9 Å². The molecule has 3 aromatic carbocycles. The van der Waals surface area contributed by atoms with Crippen LogP contribution in [0.15, 0.2) is 60.7 Å². The Kier molecular flexibility index (Phi) is 5.69. The van der Waals surface area contributed by atoms with E-state index in [1.165, 1.54) is 54.0 Å². The lowest BCUT2D eigenvalue weighted by molar-refractivity contribution is 0.684. The zero-order valence-corrected chi connectivity index (χ0v) is 15.0. The maximum atomic E-state index is 2.40. The monoisotopic (exact) mass is 316 g/mol. The second kappa shape index (κ2) is 8.15. The predicted molar refractivity (Wildman–Crippen MR) is 106 cm³/mol. The van der Waals surface area contributed by atoms with Gasteiger partial charge in [-0.2, -0.15) is 0 Å². The molecule has 0 saturated carbocycles. The van der Waals surface area contributed by atoms with Crippen LogP contribution < -0.4 is 0 Å². The number of hydrogen-bond donors (Lipinski definition) is 0. The van der Waals surface area contributed by atoms with Gasteiger partial charge in [0.15, 0.2) is 0 Å². The van der Waals surface area contributed by atoms with Crippen LogP contribution in [-0.4, -0.2) is 0 Å². The number of benzene rings is 3. The highest BCUT2D eigenvalue weighted by Crippen LogP contribution is 2.22. The molecule has 0 heteroatoms. The van der Waals surface area contributed by atoms with Crippen LogP contribution in [0.1, 0.15) is 48.9 Å². The molecule has 0 saturated heterocycles. The van der Waals surface area contributed by atoms with Crippen molar-refractivity contribution in [1.29, 1.82) is 0 Å². The molecule has 0 spiro atoms. The van der Waals surface area contributed by atoms with Crippen molar-refractivity contribution in [3.8, 4) is 0 Å². The molecular formula is C24H28. The smallest absolute Gasteiger partial charge is 0.0181 e. The molecule has 0 heterocycles. The van der Waals surface area contributed by atoms with E-state index in [-0.39, 0.29) is 0 Å². The van der Waals surface area contributed by atoms with E-state index in [0.29, 0.717) is 0 Å². The van der Waals surface area contributed by atoms with Crippen LogP contribution in [0.25, 0.3) is 10.8 Å². The molecule has 0 fully saturated rings. The summed E-state index contributed by atoms with van der Waals surface area (Å²) in [5, 5.41) is 2.67. The second-order valence-corrected chi connectivity index (χ2v) is 6.70. The van der Waals surface area contributed by atoms with Crippen molar-refractivity contribution in [1.82, 2.24) is 0 Å². The van der Waals surface area contributed by atoms with Crippen LogP contribution >= 0.6 is 0 Å². The van der Waals surface area contributed by atoms with Gasteiger partial charge in [-0.05, 0) is 71.6 Å². The van der Waals surface area contributed by atoms with Gasteiger partial charge >= 0.3 is 0 Å². The van der Waals surface area contributed by atoms with E-state index in [4.69, 9.17) is 0 Å². The summed E-state index contributed by atoms with van der Waals surface area (Å²) >= 11 is 0. The fourth-order valence-corrected chi connectivity index (χ4v) is 3.47. The molecule has 0 atom stereocenters. The lowest BCUT2D eigenvalue weighted by atomic mass is 9.90. The average molecular weight is 316 g/mol. The largest absolute Gasteiger partial charge is 0.0616 e. The summed E-state index contributed by atoms with van der Waals surface area (Å²) in [7, 11) is 0. The summed E-state index contributed by atoms with van der Waals surface area (Å²) in [5.74, 6) is 0. The van der Waals surface area contributed by atoms with Crippen molar-refractivity contribution < 1.29 is 0 Å². The van der Waals surface area contributed by atoms with Gasteiger partial charge < -0.3 is 0 Å². The summed E-state index contributed by atoms with van der Waals surface area (Å²) < 4.78 is 0. The van der Waals surface area contributed by atoms with Crippen molar-refractivity contribution in [3.63, 3.8) is 0 Å². The minimum atomic E-state index is 1.12. The van der Waals surface area contributed by atoms with E-state index in [1.54, 1.807) is 11.1 Å². The van der Waals surface area contributed by atoms with Crippen LogP contribution in [0.4, 0.5) is 0 Å². The molecule has 4 rings (SSSR count). The summed E-state index contributed by atoms with van der Waals surface area (Å²) in [4.78, 5) is 0. The SMILES string of the molecule is CCc1ccc2c(c1)CCCC2.CCc1ccc2ccccc2c1. The zero-order valence-electron chi connectivity index (χ0n) is 15.0. The van der Waals surface area contributed by atoms with Gasteiger partial charge in [-0.25, -0.2) is 0 Å². The Balaban J connectivity index is 0.000000141. The van der Waals surface area contributed by atoms with Gasteiger partial charge in [0.25, 0.3) is 0 Å². The molecule has 1 aliphatic rings. The number of rotatable bonds is 2. The van der Waals surface area contributed by atoms with E-state index in [2.05, 4.69) is 74.5 Å². The van der Waals surface area contributed by atoms with Gasteiger partial charge in [-0.3, -0.25) is 0 Å². The van der Waals surface area contributed by atoms with Gasteiger partial charge in [0.2, 0.25) is 0 Å². The first-order chi connectivity index (χ1) is 11.8. The molecule has 24 heavy (non-hydrogen) atoms. The van der Waals surface area contributed by atoms with Crippen LogP contribution in [0, 0.1) is 0 Å². The van der Waals surface area contributed by atoms with Gasteiger partial charge in [0, 0.05) is 0 Å². The van der Waals surface area contributed by atoms with E-state index in [1.807, 2.05) is 0 Å². The molecule has 1 aliphatic carbocycles. The maximum absolute atomic E-state index is 2.40.